The van der Waals surface area contributed by atoms with Gasteiger partial charge in [-0.1, -0.05) is 13.8 Å². The molecule has 0 atom stereocenters. The van der Waals surface area contributed by atoms with E-state index < -0.39 is 6.09 Å². The van der Waals surface area contributed by atoms with Gasteiger partial charge in [0.1, 0.15) is 0 Å². The topological polar surface area (TPSA) is 49.0 Å². The molecule has 3 heteroatoms. The third-order valence-electron chi connectivity index (χ3n) is 1.31. The van der Waals surface area contributed by atoms with Crippen LogP contribution in [-0.4, -0.2) is 12.1 Å². The van der Waals surface area contributed by atoms with Gasteiger partial charge >= 0.3 is 6.09 Å². The third kappa shape index (κ3) is 3.82. The van der Waals surface area contributed by atoms with Crippen LogP contribution in [0, 0.1) is 0 Å². The predicted octanol–water partition coefficient (Wildman–Crippen LogP) is 1.32. The van der Waals surface area contributed by atoms with E-state index in [1.807, 2.05) is 13.8 Å². The van der Waals surface area contributed by atoms with Crippen LogP contribution in [-0.2, 0) is 5.11 Å². The van der Waals surface area contributed by atoms with E-state index in [1.165, 1.54) is 0 Å². The molecule has 3 nitrogen and oxygen atoms in total. The van der Waals surface area contributed by atoms with Crippen molar-refractivity contribution in [1.29, 1.82) is 0 Å². The zero-order valence-corrected chi connectivity index (χ0v) is 5.81. The summed E-state index contributed by atoms with van der Waals surface area (Å²) in [5.74, 6) is 0. The Hall–Kier alpha value is -0.730. The van der Waals surface area contributed by atoms with Gasteiger partial charge < -0.3 is 5.32 Å². The van der Waals surface area contributed by atoms with Gasteiger partial charge in [-0.15, -0.1) is 0 Å². The summed E-state index contributed by atoms with van der Waals surface area (Å²) in [5.41, 5.74) is 0. The van der Waals surface area contributed by atoms with Crippen LogP contribution in [0.25, 0.3) is 0 Å². The zero-order chi connectivity index (χ0) is 7.28. The lowest BCUT2D eigenvalue weighted by Crippen LogP contribution is -2.31. The minimum atomic E-state index is -1.18. The monoisotopic (exact) mass is 130 g/mol. The second-order valence-corrected chi connectivity index (χ2v) is 1.95. The first-order valence-electron chi connectivity index (χ1n) is 3.18. The minimum absolute atomic E-state index is 0.0648. The van der Waals surface area contributed by atoms with E-state index in [4.69, 9.17) is 0 Å². The first-order valence-corrected chi connectivity index (χ1v) is 3.18. The minimum Gasteiger partial charge on any atom is -0.316 e. The van der Waals surface area contributed by atoms with Crippen molar-refractivity contribution in [2.75, 3.05) is 0 Å². The summed E-state index contributed by atoms with van der Waals surface area (Å²) in [4.78, 5) is 9.91. The second kappa shape index (κ2) is 4.18. The van der Waals surface area contributed by atoms with Crippen LogP contribution in [0.4, 0.5) is 4.79 Å². The number of nitrogens with one attached hydrogen (secondary N) is 1. The highest BCUT2D eigenvalue weighted by Gasteiger charge is 2.05. The van der Waals surface area contributed by atoms with Gasteiger partial charge in [0.2, 0.25) is 0 Å². The first kappa shape index (κ1) is 8.27. The standard InChI is InChI=1S/C6H12NO2/c1-3-5(4-2)7-6(8)9/h5,7H,3-4H2,1-2H3. The molecule has 1 N–H and O–H groups in total. The Bertz CT molecular complexity index is 89.1. The van der Waals surface area contributed by atoms with Crippen LogP contribution in [0.2, 0.25) is 0 Å². The van der Waals surface area contributed by atoms with Crippen LogP contribution in [0.3, 0.4) is 0 Å². The molecule has 0 aromatic heterocycles. The lowest BCUT2D eigenvalue weighted by molar-refractivity contribution is 0.163. The molecule has 0 spiro atoms. The second-order valence-electron chi connectivity index (χ2n) is 1.95. The van der Waals surface area contributed by atoms with Gasteiger partial charge in [-0.25, -0.2) is 9.90 Å². The molecule has 0 fully saturated rings. The summed E-state index contributed by atoms with van der Waals surface area (Å²) in [7, 11) is 0. The van der Waals surface area contributed by atoms with Crippen molar-refractivity contribution in [1.82, 2.24) is 5.32 Å². The molecule has 0 bridgehead atoms. The highest BCUT2D eigenvalue weighted by molar-refractivity contribution is 5.64. The fraction of sp³-hybridized carbons (Fsp3) is 0.833. The molecule has 0 heterocycles. The molecule has 9 heavy (non-hydrogen) atoms. The zero-order valence-electron chi connectivity index (χ0n) is 5.81. The Morgan fingerprint density at radius 1 is 1.44 bits per heavy atom. The lowest BCUT2D eigenvalue weighted by atomic mass is 10.2. The van der Waals surface area contributed by atoms with Crippen LogP contribution in [0.15, 0.2) is 0 Å². The van der Waals surface area contributed by atoms with Gasteiger partial charge in [-0.05, 0) is 12.8 Å². The maximum atomic E-state index is 9.91. The lowest BCUT2D eigenvalue weighted by Gasteiger charge is -2.09. The van der Waals surface area contributed by atoms with Gasteiger partial charge in [0.05, 0.1) is 0 Å². The van der Waals surface area contributed by atoms with E-state index in [-0.39, 0.29) is 6.04 Å². The molecule has 0 aliphatic rings. The number of carbonyl (C=O) groups excluding carboxylic acids is 1. The molecule has 0 aromatic carbocycles. The summed E-state index contributed by atoms with van der Waals surface area (Å²) in [6.07, 6.45) is 0.471. The van der Waals surface area contributed by atoms with E-state index in [2.05, 4.69) is 5.32 Å². The van der Waals surface area contributed by atoms with Crippen molar-refractivity contribution < 1.29 is 9.90 Å². The van der Waals surface area contributed by atoms with Crippen molar-refractivity contribution in [2.45, 2.75) is 32.7 Å². The van der Waals surface area contributed by atoms with E-state index in [9.17, 15) is 9.90 Å². The third-order valence-corrected chi connectivity index (χ3v) is 1.31. The van der Waals surface area contributed by atoms with Gasteiger partial charge in [-0.3, -0.25) is 0 Å². The molecular weight excluding hydrogens is 118 g/mol. The Labute approximate surface area is 55.1 Å². The average Bonchev–Trinajstić information content (AvgIpc) is 1.82. The van der Waals surface area contributed by atoms with Gasteiger partial charge in [0.25, 0.3) is 0 Å². The number of carbonyl (C=O) groups is 1. The number of hydrogen-bond donors (Lipinski definition) is 1. The van der Waals surface area contributed by atoms with Gasteiger partial charge in [0.15, 0.2) is 0 Å². The van der Waals surface area contributed by atoms with Gasteiger partial charge in [-0.2, -0.15) is 0 Å². The van der Waals surface area contributed by atoms with Crippen molar-refractivity contribution >= 4 is 6.09 Å². The largest absolute Gasteiger partial charge is 0.450 e. The van der Waals surface area contributed by atoms with Crippen molar-refractivity contribution in [3.8, 4) is 0 Å². The van der Waals surface area contributed by atoms with E-state index in [1.54, 1.807) is 0 Å². The van der Waals surface area contributed by atoms with E-state index >= 15 is 0 Å². The smallest absolute Gasteiger partial charge is 0.316 e. The molecule has 1 amide bonds. The quantitative estimate of drug-likeness (QED) is 0.615. The SMILES string of the molecule is CCC(CC)NC([O])=O. The highest BCUT2D eigenvalue weighted by Crippen LogP contribution is 1.94. The Morgan fingerprint density at radius 3 is 2.00 bits per heavy atom. The maximum absolute atomic E-state index is 9.91. The Morgan fingerprint density at radius 2 is 1.89 bits per heavy atom. The average molecular weight is 130 g/mol. The number of amides is 1. The molecule has 0 unspecified atom stereocenters. The number of rotatable bonds is 3. The normalized spacial score (nSPS) is 9.67. The molecule has 0 aromatic rings. The molecule has 53 valence electrons. The molecule has 0 rings (SSSR count). The summed E-state index contributed by atoms with van der Waals surface area (Å²) in [5, 5.41) is 12.2. The molecule has 0 saturated heterocycles. The summed E-state index contributed by atoms with van der Waals surface area (Å²) in [6, 6.07) is 0.0648. The highest BCUT2D eigenvalue weighted by atomic mass is 16.4. The van der Waals surface area contributed by atoms with Crippen LogP contribution >= 0.6 is 0 Å². The fourth-order valence-corrected chi connectivity index (χ4v) is 0.659. The Balaban J connectivity index is 3.43. The number of hydrogen-bond acceptors (Lipinski definition) is 1. The van der Waals surface area contributed by atoms with Crippen molar-refractivity contribution in [3.05, 3.63) is 0 Å². The Kier molecular flexibility index (Phi) is 3.84. The van der Waals surface area contributed by atoms with Crippen LogP contribution in [0.5, 0.6) is 0 Å². The van der Waals surface area contributed by atoms with E-state index in [0.717, 1.165) is 12.8 Å². The summed E-state index contributed by atoms with van der Waals surface area (Å²) < 4.78 is 0. The molecule has 0 saturated carbocycles. The van der Waals surface area contributed by atoms with Crippen molar-refractivity contribution in [2.24, 2.45) is 0 Å². The summed E-state index contributed by atoms with van der Waals surface area (Å²) >= 11 is 0. The van der Waals surface area contributed by atoms with Crippen molar-refractivity contribution in [3.63, 3.8) is 0 Å². The van der Waals surface area contributed by atoms with Gasteiger partial charge in [0, 0.05) is 6.04 Å². The van der Waals surface area contributed by atoms with Crippen LogP contribution < -0.4 is 5.32 Å². The van der Waals surface area contributed by atoms with E-state index in [0.29, 0.717) is 0 Å². The predicted molar refractivity (Wildman–Crippen MR) is 33.6 cm³/mol. The first-order chi connectivity index (χ1) is 4.20. The summed E-state index contributed by atoms with van der Waals surface area (Å²) in [6.45, 7) is 3.87. The molecule has 1 radical (unpaired) electrons. The molecule has 0 aliphatic carbocycles. The maximum Gasteiger partial charge on any atom is 0.450 e. The fourth-order valence-electron chi connectivity index (χ4n) is 0.659. The molecular formula is C6H12NO2. The van der Waals surface area contributed by atoms with Crippen LogP contribution in [0.1, 0.15) is 26.7 Å². The molecule has 0 aliphatic heterocycles.